The van der Waals surface area contributed by atoms with Gasteiger partial charge >= 0.3 is 0 Å². The lowest BCUT2D eigenvalue weighted by atomic mass is 9.81. The molecule has 1 saturated carbocycles. The molecule has 2 saturated heterocycles. The van der Waals surface area contributed by atoms with Crippen LogP contribution >= 0.6 is 12.4 Å². The van der Waals surface area contributed by atoms with Crippen molar-refractivity contribution in [2.45, 2.75) is 43.9 Å². The number of morpholine rings is 1. The van der Waals surface area contributed by atoms with Crippen molar-refractivity contribution in [1.29, 1.82) is 0 Å². The van der Waals surface area contributed by atoms with Gasteiger partial charge in [0.2, 0.25) is 5.91 Å². The van der Waals surface area contributed by atoms with Gasteiger partial charge in [-0.1, -0.05) is 0 Å². The van der Waals surface area contributed by atoms with Crippen LogP contribution in [0.1, 0.15) is 25.7 Å². The molecule has 5 nitrogen and oxygen atoms in total. The molecule has 2 heterocycles. The number of fused-ring (bicyclic) bond motifs is 1. The predicted molar refractivity (Wildman–Crippen MR) is 73.5 cm³/mol. The van der Waals surface area contributed by atoms with Crippen LogP contribution in [0.15, 0.2) is 0 Å². The molecule has 0 spiro atoms. The summed E-state index contributed by atoms with van der Waals surface area (Å²) in [5.41, 5.74) is 0. The first-order chi connectivity index (χ1) is 8.84. The Bertz CT molecular complexity index is 310. The number of rotatable bonds is 2. The molecule has 4 atom stereocenters. The smallest absolute Gasteiger partial charge is 0.239 e. The number of carbonyl (C=O) groups is 1. The minimum absolute atomic E-state index is 0. The minimum atomic E-state index is -0.179. The minimum Gasteiger partial charge on any atom is -0.378 e. The Kier molecular flexibility index (Phi) is 5.45. The van der Waals surface area contributed by atoms with E-state index in [0.717, 1.165) is 38.8 Å². The fourth-order valence-corrected chi connectivity index (χ4v) is 3.37. The standard InChI is InChI=1S/C13H22N2O3.ClH/c16-13(11-8-17-7-5-14-11)15-10-2-1-3-12-9(10)4-6-18-12;/h9-12,14H,1-8H2,(H,15,16);1H. The van der Waals surface area contributed by atoms with Gasteiger partial charge in [0.1, 0.15) is 6.04 Å². The number of hydrogen-bond donors (Lipinski definition) is 2. The molecule has 3 aliphatic rings. The van der Waals surface area contributed by atoms with Gasteiger partial charge in [-0.2, -0.15) is 0 Å². The van der Waals surface area contributed by atoms with Crippen LogP contribution in [0.3, 0.4) is 0 Å². The van der Waals surface area contributed by atoms with E-state index >= 15 is 0 Å². The second-order valence-electron chi connectivity index (χ2n) is 5.49. The van der Waals surface area contributed by atoms with E-state index in [1.807, 2.05) is 0 Å². The highest BCUT2D eigenvalue weighted by atomic mass is 35.5. The van der Waals surface area contributed by atoms with Gasteiger partial charge in [0, 0.05) is 25.1 Å². The third-order valence-corrected chi connectivity index (χ3v) is 4.35. The van der Waals surface area contributed by atoms with Crippen LogP contribution in [0.25, 0.3) is 0 Å². The van der Waals surface area contributed by atoms with Crippen molar-refractivity contribution in [3.63, 3.8) is 0 Å². The summed E-state index contributed by atoms with van der Waals surface area (Å²) < 4.78 is 11.1. The van der Waals surface area contributed by atoms with E-state index in [4.69, 9.17) is 9.47 Å². The van der Waals surface area contributed by atoms with Crippen LogP contribution < -0.4 is 10.6 Å². The molecule has 0 aromatic carbocycles. The quantitative estimate of drug-likeness (QED) is 0.776. The molecule has 0 aromatic rings. The average molecular weight is 291 g/mol. The molecule has 110 valence electrons. The van der Waals surface area contributed by atoms with E-state index in [9.17, 15) is 4.79 Å². The topological polar surface area (TPSA) is 59.6 Å². The largest absolute Gasteiger partial charge is 0.378 e. The van der Waals surface area contributed by atoms with Crippen LogP contribution in [0, 0.1) is 5.92 Å². The van der Waals surface area contributed by atoms with Crippen LogP contribution in [-0.2, 0) is 14.3 Å². The van der Waals surface area contributed by atoms with Gasteiger partial charge in [0.15, 0.2) is 0 Å². The number of carbonyl (C=O) groups excluding carboxylic acids is 1. The predicted octanol–water partition coefficient (Wildman–Crippen LogP) is 0.470. The molecule has 3 rings (SSSR count). The summed E-state index contributed by atoms with van der Waals surface area (Å²) in [5, 5.41) is 6.40. The van der Waals surface area contributed by atoms with Crippen molar-refractivity contribution < 1.29 is 14.3 Å². The molecule has 1 aliphatic carbocycles. The molecule has 2 N–H and O–H groups in total. The fraction of sp³-hybridized carbons (Fsp3) is 0.923. The lowest BCUT2D eigenvalue weighted by Crippen LogP contribution is -2.55. The third-order valence-electron chi connectivity index (χ3n) is 4.35. The molecule has 2 aliphatic heterocycles. The molecule has 0 bridgehead atoms. The normalized spacial score (nSPS) is 38.1. The number of halogens is 1. The second kappa shape index (κ2) is 6.88. The van der Waals surface area contributed by atoms with Crippen molar-refractivity contribution in [2.24, 2.45) is 5.92 Å². The summed E-state index contributed by atoms with van der Waals surface area (Å²) >= 11 is 0. The van der Waals surface area contributed by atoms with Crippen LogP contribution in [0.2, 0.25) is 0 Å². The molecular formula is C13H23ClN2O3. The maximum atomic E-state index is 12.2. The molecule has 0 aromatic heterocycles. The van der Waals surface area contributed by atoms with E-state index in [1.165, 1.54) is 0 Å². The zero-order chi connectivity index (χ0) is 12.4. The Balaban J connectivity index is 0.00000133. The first-order valence-corrected chi connectivity index (χ1v) is 7.08. The summed E-state index contributed by atoms with van der Waals surface area (Å²) in [6.45, 7) is 2.80. The van der Waals surface area contributed by atoms with Crippen LogP contribution in [-0.4, -0.2) is 50.5 Å². The first-order valence-electron chi connectivity index (χ1n) is 7.08. The van der Waals surface area contributed by atoms with E-state index in [-0.39, 0.29) is 24.4 Å². The molecular weight excluding hydrogens is 268 g/mol. The Morgan fingerprint density at radius 3 is 2.89 bits per heavy atom. The van der Waals surface area contributed by atoms with Crippen molar-refractivity contribution in [1.82, 2.24) is 10.6 Å². The number of nitrogens with one attached hydrogen (secondary N) is 2. The molecule has 19 heavy (non-hydrogen) atoms. The number of hydrogen-bond acceptors (Lipinski definition) is 4. The SMILES string of the molecule is Cl.O=C(NC1CCCC2OCCC12)C1COCCN1. The second-order valence-corrected chi connectivity index (χ2v) is 5.49. The molecule has 6 heteroatoms. The van der Waals surface area contributed by atoms with Crippen molar-refractivity contribution >= 4 is 18.3 Å². The van der Waals surface area contributed by atoms with Gasteiger partial charge in [-0.15, -0.1) is 12.4 Å². The van der Waals surface area contributed by atoms with Crippen molar-refractivity contribution in [3.05, 3.63) is 0 Å². The van der Waals surface area contributed by atoms with E-state index < -0.39 is 0 Å². The molecule has 0 radical (unpaired) electrons. The Morgan fingerprint density at radius 1 is 1.21 bits per heavy atom. The third kappa shape index (κ3) is 3.40. The van der Waals surface area contributed by atoms with Gasteiger partial charge in [0.25, 0.3) is 0 Å². The summed E-state index contributed by atoms with van der Waals surface area (Å²) in [6.07, 6.45) is 4.86. The zero-order valence-electron chi connectivity index (χ0n) is 11.1. The Hall–Kier alpha value is -0.360. The summed E-state index contributed by atoms with van der Waals surface area (Å²) in [4.78, 5) is 12.2. The Morgan fingerprint density at radius 2 is 2.11 bits per heavy atom. The highest BCUT2D eigenvalue weighted by molar-refractivity contribution is 5.85. The zero-order valence-corrected chi connectivity index (χ0v) is 11.9. The maximum Gasteiger partial charge on any atom is 0.239 e. The maximum absolute atomic E-state index is 12.2. The highest BCUT2D eigenvalue weighted by Crippen LogP contribution is 2.34. The molecule has 3 fully saturated rings. The summed E-state index contributed by atoms with van der Waals surface area (Å²) in [7, 11) is 0. The van der Waals surface area contributed by atoms with Crippen LogP contribution in [0.5, 0.6) is 0 Å². The summed E-state index contributed by atoms with van der Waals surface area (Å²) in [5.74, 6) is 0.611. The lowest BCUT2D eigenvalue weighted by molar-refractivity contribution is -0.127. The average Bonchev–Trinajstić information content (AvgIpc) is 2.89. The molecule has 4 unspecified atom stereocenters. The van der Waals surface area contributed by atoms with Gasteiger partial charge in [-0.25, -0.2) is 0 Å². The lowest BCUT2D eigenvalue weighted by Gasteiger charge is -2.34. The van der Waals surface area contributed by atoms with Gasteiger partial charge in [-0.3, -0.25) is 4.79 Å². The number of amides is 1. The first kappa shape index (κ1) is 15.0. The number of ether oxygens (including phenoxy) is 2. The molecule has 1 amide bonds. The van der Waals surface area contributed by atoms with Gasteiger partial charge in [0.05, 0.1) is 19.3 Å². The fourth-order valence-electron chi connectivity index (χ4n) is 3.37. The van der Waals surface area contributed by atoms with Crippen molar-refractivity contribution in [2.75, 3.05) is 26.4 Å². The van der Waals surface area contributed by atoms with Gasteiger partial charge in [-0.05, 0) is 25.7 Å². The van der Waals surface area contributed by atoms with Crippen molar-refractivity contribution in [3.8, 4) is 0 Å². The Labute approximate surface area is 120 Å². The van der Waals surface area contributed by atoms with Gasteiger partial charge < -0.3 is 20.1 Å². The van der Waals surface area contributed by atoms with Crippen LogP contribution in [0.4, 0.5) is 0 Å². The monoisotopic (exact) mass is 290 g/mol. The highest BCUT2D eigenvalue weighted by Gasteiger charge is 2.39. The summed E-state index contributed by atoms with van der Waals surface area (Å²) in [6, 6.07) is 0.115. The van der Waals surface area contributed by atoms with E-state index in [1.54, 1.807) is 0 Å². The van der Waals surface area contributed by atoms with E-state index in [0.29, 0.717) is 31.3 Å². The van der Waals surface area contributed by atoms with E-state index in [2.05, 4.69) is 10.6 Å².